The first kappa shape index (κ1) is 30.9. The number of carbonyl (C=O) groups excluding carboxylic acids is 2. The van der Waals surface area contributed by atoms with Gasteiger partial charge in [0, 0.05) is 22.6 Å². The number of hydrogen-bond acceptors (Lipinski definition) is 4. The van der Waals surface area contributed by atoms with Gasteiger partial charge in [-0.15, -0.1) is 0 Å². The second-order valence-electron chi connectivity index (χ2n) is 10.3. The molecule has 7 nitrogen and oxygen atoms in total. The monoisotopic (exact) mass is 615 g/mol. The van der Waals surface area contributed by atoms with Crippen LogP contribution in [0.25, 0.3) is 0 Å². The Balaban J connectivity index is 1.73. The maximum absolute atomic E-state index is 14.2. The molecule has 0 radical (unpaired) electrons. The van der Waals surface area contributed by atoms with Gasteiger partial charge >= 0.3 is 0 Å². The van der Waals surface area contributed by atoms with Gasteiger partial charge in [-0.3, -0.25) is 13.9 Å². The molecule has 218 valence electrons. The lowest BCUT2D eigenvalue weighted by Crippen LogP contribution is -2.53. The predicted octanol–water partition coefficient (Wildman–Crippen LogP) is 6.36. The molecule has 0 bridgehead atoms. The van der Waals surface area contributed by atoms with Gasteiger partial charge in [0.1, 0.15) is 12.6 Å². The zero-order valence-corrected chi connectivity index (χ0v) is 25.6. The summed E-state index contributed by atoms with van der Waals surface area (Å²) in [6.07, 6.45) is 4.26. The minimum atomic E-state index is -4.17. The van der Waals surface area contributed by atoms with E-state index < -0.39 is 28.5 Å². The van der Waals surface area contributed by atoms with Crippen molar-refractivity contribution in [2.24, 2.45) is 0 Å². The Morgan fingerprint density at radius 2 is 1.59 bits per heavy atom. The first-order valence-corrected chi connectivity index (χ1v) is 16.0. The van der Waals surface area contributed by atoms with E-state index in [4.69, 9.17) is 23.2 Å². The molecule has 1 fully saturated rings. The summed E-state index contributed by atoms with van der Waals surface area (Å²) < 4.78 is 29.1. The number of hydrogen-bond donors (Lipinski definition) is 1. The normalized spacial score (nSPS) is 14.4. The van der Waals surface area contributed by atoms with Crippen molar-refractivity contribution in [3.8, 4) is 0 Å². The van der Waals surface area contributed by atoms with Gasteiger partial charge in [-0.25, -0.2) is 8.42 Å². The first-order chi connectivity index (χ1) is 19.6. The molecule has 10 heteroatoms. The van der Waals surface area contributed by atoms with Crippen LogP contribution in [0.15, 0.2) is 77.7 Å². The molecule has 0 saturated heterocycles. The van der Waals surface area contributed by atoms with Gasteiger partial charge in [0.15, 0.2) is 0 Å². The summed E-state index contributed by atoms with van der Waals surface area (Å²) in [6.45, 7) is 3.18. The van der Waals surface area contributed by atoms with Crippen LogP contribution in [0.1, 0.15) is 50.2 Å². The topological polar surface area (TPSA) is 86.8 Å². The molecule has 1 atom stereocenters. The van der Waals surface area contributed by atoms with Crippen molar-refractivity contribution in [1.29, 1.82) is 0 Å². The number of para-hydroxylation sites is 1. The Morgan fingerprint density at radius 1 is 0.951 bits per heavy atom. The SMILES string of the molecule is CC[C@@H](C(=O)NC1CCCC1)N(Cc1ccccc1Cl)C(=O)CN(c1ccccc1C)S(=O)(=O)c1ccc(Cl)cc1. The summed E-state index contributed by atoms with van der Waals surface area (Å²) in [5, 5.41) is 3.97. The van der Waals surface area contributed by atoms with Crippen molar-refractivity contribution < 1.29 is 18.0 Å². The summed E-state index contributed by atoms with van der Waals surface area (Å²) in [7, 11) is -4.17. The van der Waals surface area contributed by atoms with E-state index >= 15 is 0 Å². The van der Waals surface area contributed by atoms with E-state index in [0.29, 0.717) is 33.3 Å². The van der Waals surface area contributed by atoms with Crippen LogP contribution in [0.3, 0.4) is 0 Å². The molecule has 2 amide bonds. The van der Waals surface area contributed by atoms with Crippen LogP contribution in [-0.2, 0) is 26.2 Å². The Bertz CT molecular complexity index is 1470. The third-order valence-corrected chi connectivity index (χ3v) is 9.85. The van der Waals surface area contributed by atoms with Crippen molar-refractivity contribution in [2.45, 2.75) is 69.5 Å². The van der Waals surface area contributed by atoms with Crippen LogP contribution >= 0.6 is 23.2 Å². The highest BCUT2D eigenvalue weighted by Gasteiger charge is 2.35. The number of carbonyl (C=O) groups is 2. The summed E-state index contributed by atoms with van der Waals surface area (Å²) in [4.78, 5) is 29.2. The lowest BCUT2D eigenvalue weighted by molar-refractivity contribution is -0.140. The molecule has 4 rings (SSSR count). The van der Waals surface area contributed by atoms with E-state index in [2.05, 4.69) is 5.32 Å². The smallest absolute Gasteiger partial charge is 0.264 e. The van der Waals surface area contributed by atoms with Crippen molar-refractivity contribution in [3.05, 3.63) is 94.0 Å². The summed E-state index contributed by atoms with van der Waals surface area (Å²) >= 11 is 12.5. The van der Waals surface area contributed by atoms with Gasteiger partial charge in [0.25, 0.3) is 10.0 Å². The van der Waals surface area contributed by atoms with Gasteiger partial charge in [-0.2, -0.15) is 0 Å². The fourth-order valence-corrected chi connectivity index (χ4v) is 6.99. The molecule has 3 aromatic carbocycles. The van der Waals surface area contributed by atoms with E-state index in [1.807, 2.05) is 13.0 Å². The number of sulfonamides is 1. The molecular weight excluding hydrogens is 581 g/mol. The Labute approximate surface area is 252 Å². The number of halogens is 2. The fraction of sp³-hybridized carbons (Fsp3) is 0.355. The highest BCUT2D eigenvalue weighted by molar-refractivity contribution is 7.92. The fourth-order valence-electron chi connectivity index (χ4n) is 5.19. The number of aryl methyl sites for hydroxylation is 1. The molecule has 0 heterocycles. The molecule has 0 aliphatic heterocycles. The first-order valence-electron chi connectivity index (χ1n) is 13.8. The Morgan fingerprint density at radius 3 is 2.22 bits per heavy atom. The van der Waals surface area contributed by atoms with Crippen molar-refractivity contribution in [1.82, 2.24) is 10.2 Å². The van der Waals surface area contributed by atoms with Crippen LogP contribution in [-0.4, -0.2) is 43.8 Å². The molecule has 41 heavy (non-hydrogen) atoms. The second-order valence-corrected chi connectivity index (χ2v) is 13.0. The molecule has 1 saturated carbocycles. The number of nitrogens with zero attached hydrogens (tertiary/aromatic N) is 2. The van der Waals surface area contributed by atoms with Crippen LogP contribution in [0, 0.1) is 6.92 Å². The molecule has 1 N–H and O–H groups in total. The molecule has 1 aliphatic rings. The van der Waals surface area contributed by atoms with Crippen LogP contribution < -0.4 is 9.62 Å². The van der Waals surface area contributed by atoms with Crippen LogP contribution in [0.4, 0.5) is 5.69 Å². The maximum Gasteiger partial charge on any atom is 0.264 e. The second kappa shape index (κ2) is 13.7. The Hall–Kier alpha value is -3.07. The highest BCUT2D eigenvalue weighted by Crippen LogP contribution is 2.29. The minimum Gasteiger partial charge on any atom is -0.352 e. The summed E-state index contributed by atoms with van der Waals surface area (Å²) in [5.41, 5.74) is 1.72. The van der Waals surface area contributed by atoms with Crippen LogP contribution in [0.2, 0.25) is 10.0 Å². The average molecular weight is 617 g/mol. The number of amides is 2. The zero-order valence-electron chi connectivity index (χ0n) is 23.2. The molecule has 0 aromatic heterocycles. The van der Waals surface area contributed by atoms with E-state index in [9.17, 15) is 18.0 Å². The van der Waals surface area contributed by atoms with Gasteiger partial charge < -0.3 is 10.2 Å². The van der Waals surface area contributed by atoms with E-state index in [1.54, 1.807) is 49.4 Å². The Kier molecular flexibility index (Phi) is 10.3. The van der Waals surface area contributed by atoms with E-state index in [1.165, 1.54) is 29.2 Å². The third kappa shape index (κ3) is 7.42. The standard InChI is InChI=1S/C31H35Cl2N3O4S/c1-3-28(31(38)34-25-12-6-7-13-25)35(20-23-11-5-8-14-27(23)33)30(37)21-36(29-15-9-4-10-22(29)2)41(39,40)26-18-16-24(32)17-19-26/h4-5,8-11,14-19,25,28H,3,6-7,12-13,20-21H2,1-2H3,(H,34,38)/t28-/m0/s1. The quantitative estimate of drug-likeness (QED) is 0.272. The van der Waals surface area contributed by atoms with Crippen molar-refractivity contribution in [2.75, 3.05) is 10.8 Å². The molecule has 3 aromatic rings. The molecule has 0 spiro atoms. The lowest BCUT2D eigenvalue weighted by Gasteiger charge is -2.34. The van der Waals surface area contributed by atoms with Crippen molar-refractivity contribution >= 4 is 50.7 Å². The number of anilines is 1. The van der Waals surface area contributed by atoms with Gasteiger partial charge in [-0.05, 0) is 73.7 Å². The minimum absolute atomic E-state index is 0.00150. The highest BCUT2D eigenvalue weighted by atomic mass is 35.5. The predicted molar refractivity (Wildman–Crippen MR) is 164 cm³/mol. The summed E-state index contributed by atoms with van der Waals surface area (Å²) in [6, 6.07) is 19.2. The largest absolute Gasteiger partial charge is 0.352 e. The van der Waals surface area contributed by atoms with E-state index in [0.717, 1.165) is 30.0 Å². The number of nitrogens with one attached hydrogen (secondary N) is 1. The van der Waals surface area contributed by atoms with E-state index in [-0.39, 0.29) is 23.4 Å². The van der Waals surface area contributed by atoms with Crippen molar-refractivity contribution in [3.63, 3.8) is 0 Å². The average Bonchev–Trinajstić information content (AvgIpc) is 3.46. The summed E-state index contributed by atoms with van der Waals surface area (Å²) in [5.74, 6) is -0.762. The van der Waals surface area contributed by atoms with Gasteiger partial charge in [-0.1, -0.05) is 79.4 Å². The van der Waals surface area contributed by atoms with Gasteiger partial charge in [0.05, 0.1) is 10.6 Å². The lowest BCUT2D eigenvalue weighted by atomic mass is 10.1. The molecule has 1 aliphatic carbocycles. The molecular formula is C31H35Cl2N3O4S. The third-order valence-electron chi connectivity index (χ3n) is 7.45. The number of rotatable bonds is 11. The van der Waals surface area contributed by atoms with Gasteiger partial charge in [0.2, 0.25) is 11.8 Å². The zero-order chi connectivity index (χ0) is 29.6. The molecule has 0 unspecified atom stereocenters. The maximum atomic E-state index is 14.2. The van der Waals surface area contributed by atoms with Crippen LogP contribution in [0.5, 0.6) is 0 Å². The number of benzene rings is 3.